The molecule has 0 radical (unpaired) electrons. The topological polar surface area (TPSA) is 92.8 Å². The molecule has 3 amide bonds. The maximum Gasteiger partial charge on any atom is 0.341 e. The first-order chi connectivity index (χ1) is 12.9. The maximum atomic E-state index is 12.6. The lowest BCUT2D eigenvalue weighted by molar-refractivity contribution is 0.0527. The minimum atomic E-state index is -0.500. The Morgan fingerprint density at radius 2 is 1.81 bits per heavy atom. The van der Waals surface area contributed by atoms with Gasteiger partial charge >= 0.3 is 5.97 Å². The third kappa shape index (κ3) is 3.35. The van der Waals surface area contributed by atoms with Crippen molar-refractivity contribution in [2.24, 2.45) is 0 Å². The monoisotopic (exact) mass is 386 g/mol. The number of amides is 3. The average molecular weight is 386 g/mol. The van der Waals surface area contributed by atoms with Crippen molar-refractivity contribution < 1.29 is 23.9 Å². The number of hydrogen-bond acceptors (Lipinski definition) is 6. The second-order valence-corrected chi connectivity index (χ2v) is 7.05. The predicted octanol–water partition coefficient (Wildman–Crippen LogP) is 2.97. The Bertz CT molecular complexity index is 963. The number of carbonyl (C=O) groups is 4. The van der Waals surface area contributed by atoms with Crippen LogP contribution in [0.1, 0.15) is 60.2 Å². The molecule has 27 heavy (non-hydrogen) atoms. The Kier molecular flexibility index (Phi) is 5.09. The van der Waals surface area contributed by atoms with Crippen molar-refractivity contribution in [1.82, 2.24) is 4.90 Å². The van der Waals surface area contributed by atoms with E-state index in [0.717, 1.165) is 9.78 Å². The van der Waals surface area contributed by atoms with Gasteiger partial charge in [-0.1, -0.05) is 6.92 Å². The van der Waals surface area contributed by atoms with E-state index >= 15 is 0 Å². The van der Waals surface area contributed by atoms with Gasteiger partial charge in [0.05, 0.1) is 23.3 Å². The zero-order valence-corrected chi connectivity index (χ0v) is 15.9. The number of fused-ring (bicyclic) bond motifs is 1. The van der Waals surface area contributed by atoms with Crippen LogP contribution in [-0.4, -0.2) is 42.2 Å². The molecule has 0 unspecified atom stereocenters. The highest BCUT2D eigenvalue weighted by molar-refractivity contribution is 7.16. The third-order valence-electron chi connectivity index (χ3n) is 4.21. The van der Waals surface area contributed by atoms with Crippen molar-refractivity contribution in [3.63, 3.8) is 0 Å². The molecule has 1 aromatic carbocycles. The van der Waals surface area contributed by atoms with E-state index in [1.54, 1.807) is 13.0 Å². The van der Waals surface area contributed by atoms with Gasteiger partial charge < -0.3 is 10.1 Å². The van der Waals surface area contributed by atoms with Gasteiger partial charge in [0.1, 0.15) is 5.00 Å². The van der Waals surface area contributed by atoms with Gasteiger partial charge in [-0.15, -0.1) is 11.3 Å². The summed E-state index contributed by atoms with van der Waals surface area (Å²) in [6, 6.07) is 6.05. The Hall–Kier alpha value is -3.00. The van der Waals surface area contributed by atoms with Gasteiger partial charge in [0.15, 0.2) is 0 Å². The first-order valence-corrected chi connectivity index (χ1v) is 9.26. The van der Waals surface area contributed by atoms with Crippen molar-refractivity contribution >= 4 is 40.0 Å². The fourth-order valence-electron chi connectivity index (χ4n) is 2.75. The number of thiophene rings is 1. The summed E-state index contributed by atoms with van der Waals surface area (Å²) in [5.41, 5.74) is 1.00. The van der Waals surface area contributed by atoms with Gasteiger partial charge in [0.25, 0.3) is 17.7 Å². The molecule has 0 saturated carbocycles. The Labute approximate surface area is 159 Å². The molecule has 0 fully saturated rings. The molecule has 1 aromatic heterocycles. The zero-order valence-electron chi connectivity index (χ0n) is 15.1. The summed E-state index contributed by atoms with van der Waals surface area (Å²) >= 11 is 1.30. The number of anilines is 1. The molecule has 0 atom stereocenters. The van der Waals surface area contributed by atoms with Crippen LogP contribution in [0, 0.1) is 0 Å². The normalized spacial score (nSPS) is 12.9. The second kappa shape index (κ2) is 7.32. The highest BCUT2D eigenvalue weighted by atomic mass is 32.1. The van der Waals surface area contributed by atoms with Crippen LogP contribution in [0.2, 0.25) is 0 Å². The van der Waals surface area contributed by atoms with Gasteiger partial charge in [-0.3, -0.25) is 19.3 Å². The summed E-state index contributed by atoms with van der Waals surface area (Å²) in [7, 11) is 1.40. The van der Waals surface area contributed by atoms with Gasteiger partial charge in [0.2, 0.25) is 0 Å². The van der Waals surface area contributed by atoms with Crippen molar-refractivity contribution in [1.29, 1.82) is 0 Å². The predicted molar refractivity (Wildman–Crippen MR) is 100 cm³/mol. The Balaban J connectivity index is 1.89. The summed E-state index contributed by atoms with van der Waals surface area (Å²) < 4.78 is 5.04. The number of rotatable bonds is 5. The summed E-state index contributed by atoms with van der Waals surface area (Å²) in [4.78, 5) is 50.8. The highest BCUT2D eigenvalue weighted by Gasteiger charge is 2.33. The van der Waals surface area contributed by atoms with E-state index in [1.807, 2.05) is 6.92 Å². The zero-order chi connectivity index (χ0) is 19.7. The molecular formula is C19H18N2O5S. The number of ether oxygens (including phenoxy) is 1. The van der Waals surface area contributed by atoms with E-state index in [9.17, 15) is 19.2 Å². The summed E-state index contributed by atoms with van der Waals surface area (Å²) in [5.74, 6) is -1.80. The molecule has 3 rings (SSSR count). The molecule has 2 heterocycles. The molecule has 0 bridgehead atoms. The van der Waals surface area contributed by atoms with Gasteiger partial charge in [-0.2, -0.15) is 0 Å². The van der Waals surface area contributed by atoms with Crippen LogP contribution in [-0.2, 0) is 11.2 Å². The molecule has 0 aliphatic carbocycles. The molecule has 0 spiro atoms. The fourth-order valence-corrected chi connectivity index (χ4v) is 3.73. The minimum Gasteiger partial charge on any atom is -0.462 e. The lowest BCUT2D eigenvalue weighted by Crippen LogP contribution is -2.24. The number of hydrogen-bond donors (Lipinski definition) is 1. The van der Waals surface area contributed by atoms with Crippen LogP contribution in [0.3, 0.4) is 0 Å². The fraction of sp³-hybridized carbons (Fsp3) is 0.263. The number of esters is 1. The molecule has 1 aliphatic heterocycles. The van der Waals surface area contributed by atoms with Crippen molar-refractivity contribution in [3.8, 4) is 0 Å². The van der Waals surface area contributed by atoms with Crippen LogP contribution < -0.4 is 5.32 Å². The van der Waals surface area contributed by atoms with Crippen LogP contribution in [0.25, 0.3) is 0 Å². The lowest BCUT2D eigenvalue weighted by Gasteiger charge is -2.07. The molecule has 7 nitrogen and oxygen atoms in total. The lowest BCUT2D eigenvalue weighted by atomic mass is 10.1. The quantitative estimate of drug-likeness (QED) is 0.630. The summed E-state index contributed by atoms with van der Waals surface area (Å²) in [6.45, 7) is 3.90. The van der Waals surface area contributed by atoms with E-state index in [0.29, 0.717) is 17.0 Å². The van der Waals surface area contributed by atoms with Crippen LogP contribution in [0.4, 0.5) is 5.00 Å². The number of carbonyl (C=O) groups excluding carboxylic acids is 4. The largest absolute Gasteiger partial charge is 0.462 e. The van der Waals surface area contributed by atoms with Crippen molar-refractivity contribution in [2.75, 3.05) is 19.0 Å². The molecule has 8 heteroatoms. The molecule has 1 N–H and O–H groups in total. The Morgan fingerprint density at radius 3 is 2.48 bits per heavy atom. The molecule has 0 saturated heterocycles. The first-order valence-electron chi connectivity index (χ1n) is 8.45. The van der Waals surface area contributed by atoms with E-state index in [4.69, 9.17) is 4.74 Å². The van der Waals surface area contributed by atoms with E-state index in [-0.39, 0.29) is 23.3 Å². The van der Waals surface area contributed by atoms with Crippen LogP contribution in [0.5, 0.6) is 0 Å². The molecule has 2 aromatic rings. The van der Waals surface area contributed by atoms with E-state index < -0.39 is 23.7 Å². The standard InChI is InChI=1S/C19H18N2O5S/c1-4-11-9-14(19(25)26-5-2)16(27-11)20-15(22)10-6-7-12-13(8-10)18(24)21(3)17(12)23/h6-9H,4-5H2,1-3H3,(H,20,22). The molecular weight excluding hydrogens is 368 g/mol. The summed E-state index contributed by atoms with van der Waals surface area (Å²) in [5, 5.41) is 3.12. The van der Waals surface area contributed by atoms with Crippen molar-refractivity contribution in [3.05, 3.63) is 51.4 Å². The smallest absolute Gasteiger partial charge is 0.341 e. The van der Waals surface area contributed by atoms with Crippen LogP contribution >= 0.6 is 11.3 Å². The highest BCUT2D eigenvalue weighted by Crippen LogP contribution is 2.30. The van der Waals surface area contributed by atoms with E-state index in [2.05, 4.69) is 5.32 Å². The first kappa shape index (κ1) is 18.8. The Morgan fingerprint density at radius 1 is 1.11 bits per heavy atom. The number of nitrogens with one attached hydrogen (secondary N) is 1. The number of nitrogens with zero attached hydrogens (tertiary/aromatic N) is 1. The maximum absolute atomic E-state index is 12.6. The minimum absolute atomic E-state index is 0.196. The number of aryl methyl sites for hydroxylation is 1. The summed E-state index contributed by atoms with van der Waals surface area (Å²) in [6.07, 6.45) is 0.717. The van der Waals surface area contributed by atoms with Crippen LogP contribution in [0.15, 0.2) is 24.3 Å². The number of imide groups is 1. The number of benzene rings is 1. The van der Waals surface area contributed by atoms with Gasteiger partial charge in [-0.25, -0.2) is 4.79 Å². The van der Waals surface area contributed by atoms with Crippen molar-refractivity contribution in [2.45, 2.75) is 20.3 Å². The SMILES string of the molecule is CCOC(=O)c1cc(CC)sc1NC(=O)c1ccc2c(c1)C(=O)N(C)C2=O. The third-order valence-corrected chi connectivity index (χ3v) is 5.40. The van der Waals surface area contributed by atoms with Gasteiger partial charge in [0, 0.05) is 17.5 Å². The molecule has 140 valence electrons. The van der Waals surface area contributed by atoms with Gasteiger partial charge in [-0.05, 0) is 37.6 Å². The average Bonchev–Trinajstić information content (AvgIpc) is 3.17. The molecule has 1 aliphatic rings. The second-order valence-electron chi connectivity index (χ2n) is 5.91. The van der Waals surface area contributed by atoms with E-state index in [1.165, 1.54) is 36.6 Å².